The molecule has 2 aromatic carbocycles. The van der Waals surface area contributed by atoms with Crippen LogP contribution in [0.5, 0.6) is 0 Å². The molecule has 8 heteroatoms. The van der Waals surface area contributed by atoms with Gasteiger partial charge in [0.2, 0.25) is 0 Å². The zero-order valence-corrected chi connectivity index (χ0v) is 21.1. The standard InChI is InChI=1S/C27H33F3N4S/c1-34(2)26-22-10-4-5-11-23(22)32-25(33-26)13-7-8-19-14-16-21(17-15-19)31-18-20-9-3-6-12-24(20)35-27(28,29)30/h3-6,9-12,19,21,31H,7-8,13-18H2,1-2H3. The molecule has 3 aromatic rings. The Kier molecular flexibility index (Phi) is 8.55. The summed E-state index contributed by atoms with van der Waals surface area (Å²) >= 11 is -0.0285. The minimum atomic E-state index is -4.26. The zero-order chi connectivity index (χ0) is 24.8. The van der Waals surface area contributed by atoms with Crippen molar-refractivity contribution in [3.63, 3.8) is 0 Å². The van der Waals surface area contributed by atoms with E-state index in [2.05, 4.69) is 11.4 Å². The van der Waals surface area contributed by atoms with Gasteiger partial charge >= 0.3 is 5.51 Å². The molecular weight excluding hydrogens is 469 g/mol. The van der Waals surface area contributed by atoms with Crippen LogP contribution in [0.3, 0.4) is 0 Å². The summed E-state index contributed by atoms with van der Waals surface area (Å²) in [5.41, 5.74) is -2.56. The second kappa shape index (κ2) is 11.6. The van der Waals surface area contributed by atoms with Crippen molar-refractivity contribution in [1.29, 1.82) is 0 Å². The number of rotatable bonds is 9. The number of fused-ring (bicyclic) bond motifs is 1. The SMILES string of the molecule is CN(C)c1nc(CCCC2CCC(NCc3ccccc3SC(F)(F)F)CC2)nc2ccccc12. The van der Waals surface area contributed by atoms with Gasteiger partial charge in [-0.25, -0.2) is 9.97 Å². The summed E-state index contributed by atoms with van der Waals surface area (Å²) in [5.74, 6) is 2.56. The van der Waals surface area contributed by atoms with Gasteiger partial charge in [0.05, 0.1) is 5.52 Å². The van der Waals surface area contributed by atoms with Crippen molar-refractivity contribution >= 4 is 28.5 Å². The quantitative estimate of drug-likeness (QED) is 0.320. The topological polar surface area (TPSA) is 41.1 Å². The molecule has 0 atom stereocenters. The van der Waals surface area contributed by atoms with Gasteiger partial charge in [0.25, 0.3) is 0 Å². The number of anilines is 1. The number of thioether (sulfide) groups is 1. The fourth-order valence-electron chi connectivity index (χ4n) is 4.89. The molecule has 188 valence electrons. The fourth-order valence-corrected chi connectivity index (χ4v) is 5.56. The maximum Gasteiger partial charge on any atom is 0.446 e. The van der Waals surface area contributed by atoms with Gasteiger partial charge in [0, 0.05) is 43.4 Å². The van der Waals surface area contributed by atoms with Gasteiger partial charge in [-0.15, -0.1) is 0 Å². The highest BCUT2D eigenvalue weighted by Gasteiger charge is 2.30. The Balaban J connectivity index is 1.23. The van der Waals surface area contributed by atoms with Crippen LogP contribution in [0, 0.1) is 5.92 Å². The van der Waals surface area contributed by atoms with E-state index >= 15 is 0 Å². The molecule has 0 amide bonds. The van der Waals surface area contributed by atoms with Gasteiger partial charge in [-0.1, -0.05) is 36.8 Å². The van der Waals surface area contributed by atoms with E-state index in [9.17, 15) is 13.2 Å². The Morgan fingerprint density at radius 3 is 2.43 bits per heavy atom. The smallest absolute Gasteiger partial charge is 0.362 e. The van der Waals surface area contributed by atoms with Crippen LogP contribution in [-0.2, 0) is 13.0 Å². The molecule has 1 aliphatic rings. The average molecular weight is 503 g/mol. The van der Waals surface area contributed by atoms with E-state index in [0.29, 0.717) is 24.1 Å². The maximum absolute atomic E-state index is 12.8. The number of nitrogens with one attached hydrogen (secondary N) is 1. The Morgan fingerprint density at radius 1 is 0.971 bits per heavy atom. The van der Waals surface area contributed by atoms with Crippen LogP contribution >= 0.6 is 11.8 Å². The van der Waals surface area contributed by atoms with Crippen LogP contribution in [0.2, 0.25) is 0 Å². The number of nitrogens with zero attached hydrogens (tertiary/aromatic N) is 3. The highest BCUT2D eigenvalue weighted by atomic mass is 32.2. The number of hydrogen-bond donors (Lipinski definition) is 1. The van der Waals surface area contributed by atoms with Crippen molar-refractivity contribution < 1.29 is 13.2 Å². The molecule has 0 aliphatic heterocycles. The number of benzene rings is 2. The van der Waals surface area contributed by atoms with Crippen molar-refractivity contribution in [3.05, 3.63) is 59.9 Å². The number of hydrogen-bond acceptors (Lipinski definition) is 5. The number of aromatic nitrogens is 2. The van der Waals surface area contributed by atoms with Crippen LogP contribution in [0.4, 0.5) is 19.0 Å². The molecule has 0 bridgehead atoms. The van der Waals surface area contributed by atoms with Gasteiger partial charge in [-0.3, -0.25) is 0 Å². The molecule has 1 saturated carbocycles. The Labute approximate surface area is 209 Å². The summed E-state index contributed by atoms with van der Waals surface area (Å²) in [5, 5.41) is 4.57. The fraction of sp³-hybridized carbons (Fsp3) is 0.481. The van der Waals surface area contributed by atoms with Gasteiger partial charge in [0.15, 0.2) is 0 Å². The van der Waals surface area contributed by atoms with Crippen LogP contribution in [0.15, 0.2) is 53.4 Å². The number of halogens is 3. The van der Waals surface area contributed by atoms with E-state index in [4.69, 9.17) is 9.97 Å². The minimum Gasteiger partial charge on any atom is -0.362 e. The summed E-state index contributed by atoms with van der Waals surface area (Å²) in [4.78, 5) is 11.9. The van der Waals surface area contributed by atoms with E-state index in [1.807, 2.05) is 37.2 Å². The van der Waals surface area contributed by atoms with Crippen molar-refractivity contribution in [2.24, 2.45) is 5.92 Å². The highest BCUT2D eigenvalue weighted by Crippen LogP contribution is 2.38. The molecular formula is C27H33F3N4S. The Bertz CT molecular complexity index is 1110. The molecule has 0 radical (unpaired) electrons. The lowest BCUT2D eigenvalue weighted by Crippen LogP contribution is -2.33. The van der Waals surface area contributed by atoms with E-state index < -0.39 is 5.51 Å². The molecule has 1 heterocycles. The first-order valence-corrected chi connectivity index (χ1v) is 13.1. The molecule has 1 aromatic heterocycles. The first-order chi connectivity index (χ1) is 16.8. The number of para-hydroxylation sites is 1. The largest absolute Gasteiger partial charge is 0.446 e. The summed E-state index contributed by atoms with van der Waals surface area (Å²) in [6.45, 7) is 0.474. The third kappa shape index (κ3) is 7.34. The monoisotopic (exact) mass is 502 g/mol. The molecule has 4 rings (SSSR count). The molecule has 1 fully saturated rings. The highest BCUT2D eigenvalue weighted by molar-refractivity contribution is 8.00. The third-order valence-corrected chi connectivity index (χ3v) is 7.54. The Hall–Kier alpha value is -2.32. The third-order valence-electron chi connectivity index (χ3n) is 6.69. The summed E-state index contributed by atoms with van der Waals surface area (Å²) in [6, 6.07) is 15.3. The van der Waals surface area contributed by atoms with E-state index in [-0.39, 0.29) is 16.7 Å². The molecule has 0 unspecified atom stereocenters. The van der Waals surface area contributed by atoms with Gasteiger partial charge in [-0.2, -0.15) is 13.2 Å². The van der Waals surface area contributed by atoms with Crippen molar-refractivity contribution in [1.82, 2.24) is 15.3 Å². The number of alkyl halides is 3. The summed E-state index contributed by atoms with van der Waals surface area (Å²) < 4.78 is 38.5. The van der Waals surface area contributed by atoms with E-state index in [0.717, 1.165) is 67.5 Å². The first kappa shape index (κ1) is 25.8. The summed E-state index contributed by atoms with van der Waals surface area (Å²) in [6.07, 6.45) is 7.53. The van der Waals surface area contributed by atoms with Crippen molar-refractivity contribution in [2.75, 3.05) is 19.0 Å². The lowest BCUT2D eigenvalue weighted by molar-refractivity contribution is -0.0328. The van der Waals surface area contributed by atoms with Gasteiger partial charge in [-0.05, 0) is 73.5 Å². The first-order valence-electron chi connectivity index (χ1n) is 12.3. The molecule has 0 saturated heterocycles. The van der Waals surface area contributed by atoms with Crippen LogP contribution < -0.4 is 10.2 Å². The van der Waals surface area contributed by atoms with E-state index in [1.54, 1.807) is 24.3 Å². The molecule has 0 spiro atoms. The van der Waals surface area contributed by atoms with Crippen molar-refractivity contribution in [3.8, 4) is 0 Å². The van der Waals surface area contributed by atoms with Crippen LogP contribution in [0.25, 0.3) is 10.9 Å². The van der Waals surface area contributed by atoms with Crippen LogP contribution in [0.1, 0.15) is 49.9 Å². The van der Waals surface area contributed by atoms with Gasteiger partial charge in [0.1, 0.15) is 11.6 Å². The lowest BCUT2D eigenvalue weighted by atomic mass is 9.83. The van der Waals surface area contributed by atoms with Crippen LogP contribution in [-0.4, -0.2) is 35.6 Å². The van der Waals surface area contributed by atoms with E-state index in [1.165, 1.54) is 0 Å². The second-order valence-electron chi connectivity index (χ2n) is 9.52. The van der Waals surface area contributed by atoms with Gasteiger partial charge < -0.3 is 10.2 Å². The minimum absolute atomic E-state index is 0.0285. The predicted molar refractivity (Wildman–Crippen MR) is 138 cm³/mol. The maximum atomic E-state index is 12.8. The molecule has 35 heavy (non-hydrogen) atoms. The lowest BCUT2D eigenvalue weighted by Gasteiger charge is -2.29. The molecule has 1 aliphatic carbocycles. The normalized spacial score (nSPS) is 18.7. The average Bonchev–Trinajstić information content (AvgIpc) is 2.83. The van der Waals surface area contributed by atoms with Crippen molar-refractivity contribution in [2.45, 2.75) is 67.9 Å². The zero-order valence-electron chi connectivity index (χ0n) is 20.3. The number of aryl methyl sites for hydroxylation is 1. The predicted octanol–water partition coefficient (Wildman–Crippen LogP) is 6.98. The molecule has 1 N–H and O–H groups in total. The molecule has 4 nitrogen and oxygen atoms in total. The second-order valence-corrected chi connectivity index (χ2v) is 10.6. The Morgan fingerprint density at radius 2 is 1.69 bits per heavy atom. The summed E-state index contributed by atoms with van der Waals surface area (Å²) in [7, 11) is 4.03.